The Labute approximate surface area is 211 Å². The first-order chi connectivity index (χ1) is 17.6. The second-order valence-electron chi connectivity index (χ2n) is 10.3. The fourth-order valence-electron chi connectivity index (χ4n) is 5.81. The standard InChI is InChI=1S/C29H33N5O2/c1-32-12-14-33(15-13-32)27-11-10-20(18-30-27)16-21-17-24-28(23-7-3-2-6-22(21)23)31-19-34(29(24)36)25-8-4-5-9-26(25)35/h2-3,6-7,10-11,17-19,25-26,35H,4-5,8-9,12-16H2,1H3/t25-,26-/m0/s1. The molecule has 3 heterocycles. The molecule has 1 aliphatic carbocycles. The summed E-state index contributed by atoms with van der Waals surface area (Å²) in [6.07, 6.45) is 7.35. The van der Waals surface area contributed by atoms with Crippen LogP contribution in [0.2, 0.25) is 0 Å². The minimum atomic E-state index is -0.500. The molecular weight excluding hydrogens is 450 g/mol. The van der Waals surface area contributed by atoms with Crippen LogP contribution in [0.25, 0.3) is 21.7 Å². The van der Waals surface area contributed by atoms with Crippen molar-refractivity contribution in [1.82, 2.24) is 19.4 Å². The van der Waals surface area contributed by atoms with E-state index < -0.39 is 6.10 Å². The Hall–Kier alpha value is -3.29. The van der Waals surface area contributed by atoms with Crippen LogP contribution in [0.1, 0.15) is 42.9 Å². The number of pyridine rings is 1. The summed E-state index contributed by atoms with van der Waals surface area (Å²) < 4.78 is 1.66. The Kier molecular flexibility index (Phi) is 6.19. The molecule has 36 heavy (non-hydrogen) atoms. The van der Waals surface area contributed by atoms with Gasteiger partial charge in [-0.3, -0.25) is 9.36 Å². The van der Waals surface area contributed by atoms with E-state index in [1.807, 2.05) is 30.5 Å². The van der Waals surface area contributed by atoms with E-state index in [1.165, 1.54) is 0 Å². The van der Waals surface area contributed by atoms with Crippen LogP contribution in [-0.2, 0) is 6.42 Å². The number of hydrogen-bond acceptors (Lipinski definition) is 6. The van der Waals surface area contributed by atoms with Gasteiger partial charge in [0.15, 0.2) is 0 Å². The lowest BCUT2D eigenvalue weighted by molar-refractivity contribution is 0.0735. The molecule has 1 saturated carbocycles. The topological polar surface area (TPSA) is 74.5 Å². The first kappa shape index (κ1) is 23.1. The van der Waals surface area contributed by atoms with Crippen molar-refractivity contribution in [2.24, 2.45) is 0 Å². The molecule has 4 aromatic rings. The zero-order valence-electron chi connectivity index (χ0n) is 20.8. The van der Waals surface area contributed by atoms with Gasteiger partial charge in [-0.2, -0.15) is 0 Å². The monoisotopic (exact) mass is 483 g/mol. The van der Waals surface area contributed by atoms with Gasteiger partial charge < -0.3 is 14.9 Å². The highest BCUT2D eigenvalue weighted by atomic mass is 16.3. The number of hydrogen-bond donors (Lipinski definition) is 1. The summed E-state index contributed by atoms with van der Waals surface area (Å²) in [4.78, 5) is 27.8. The van der Waals surface area contributed by atoms with Crippen LogP contribution in [0.3, 0.4) is 0 Å². The minimum Gasteiger partial charge on any atom is -0.391 e. The van der Waals surface area contributed by atoms with E-state index >= 15 is 0 Å². The molecule has 6 rings (SSSR count). The van der Waals surface area contributed by atoms with E-state index in [9.17, 15) is 9.90 Å². The number of anilines is 1. The van der Waals surface area contributed by atoms with Crippen molar-refractivity contribution in [3.05, 3.63) is 76.5 Å². The Balaban J connectivity index is 1.37. The van der Waals surface area contributed by atoms with Crippen molar-refractivity contribution in [2.75, 3.05) is 38.1 Å². The van der Waals surface area contributed by atoms with Crippen molar-refractivity contribution in [1.29, 1.82) is 0 Å². The van der Waals surface area contributed by atoms with Crippen LogP contribution in [-0.4, -0.2) is 63.9 Å². The Morgan fingerprint density at radius 3 is 2.47 bits per heavy atom. The third-order valence-electron chi connectivity index (χ3n) is 7.96. The third kappa shape index (κ3) is 4.27. The third-order valence-corrected chi connectivity index (χ3v) is 7.96. The summed E-state index contributed by atoms with van der Waals surface area (Å²) in [7, 11) is 2.16. The average Bonchev–Trinajstić information content (AvgIpc) is 2.91. The van der Waals surface area contributed by atoms with Gasteiger partial charge in [0, 0.05) is 37.8 Å². The van der Waals surface area contributed by atoms with Gasteiger partial charge in [-0.05, 0) is 55.0 Å². The second kappa shape index (κ2) is 9.64. The predicted molar refractivity (Wildman–Crippen MR) is 144 cm³/mol. The molecule has 0 bridgehead atoms. The maximum atomic E-state index is 13.7. The Bertz CT molecular complexity index is 1440. The van der Waals surface area contributed by atoms with Crippen LogP contribution in [0.5, 0.6) is 0 Å². The first-order valence-electron chi connectivity index (χ1n) is 13.1. The molecule has 2 aromatic carbocycles. The van der Waals surface area contributed by atoms with Crippen molar-refractivity contribution >= 4 is 27.5 Å². The maximum absolute atomic E-state index is 13.7. The number of piperazine rings is 1. The minimum absolute atomic E-state index is 0.0681. The number of aromatic nitrogens is 3. The van der Waals surface area contributed by atoms with E-state index in [0.717, 1.165) is 85.1 Å². The summed E-state index contributed by atoms with van der Waals surface area (Å²) in [6, 6.07) is 14.2. The molecule has 2 aromatic heterocycles. The molecule has 0 radical (unpaired) electrons. The molecule has 1 aliphatic heterocycles. The second-order valence-corrected chi connectivity index (χ2v) is 10.3. The van der Waals surface area contributed by atoms with Gasteiger partial charge in [0.1, 0.15) is 5.82 Å². The van der Waals surface area contributed by atoms with E-state index in [0.29, 0.717) is 11.8 Å². The smallest absolute Gasteiger partial charge is 0.261 e. The quantitative estimate of drug-likeness (QED) is 0.446. The summed E-state index contributed by atoms with van der Waals surface area (Å²) in [6.45, 7) is 4.09. The number of benzene rings is 2. The van der Waals surface area contributed by atoms with Gasteiger partial charge in [0.25, 0.3) is 5.56 Å². The molecule has 7 heteroatoms. The van der Waals surface area contributed by atoms with Gasteiger partial charge in [0.2, 0.25) is 0 Å². The highest BCUT2D eigenvalue weighted by molar-refractivity contribution is 6.06. The van der Waals surface area contributed by atoms with Gasteiger partial charge >= 0.3 is 0 Å². The van der Waals surface area contributed by atoms with Gasteiger partial charge in [0.05, 0.1) is 29.4 Å². The normalized spacial score (nSPS) is 21.3. The highest BCUT2D eigenvalue weighted by Gasteiger charge is 2.26. The van der Waals surface area contributed by atoms with Crippen molar-refractivity contribution in [2.45, 2.75) is 44.2 Å². The summed E-state index contributed by atoms with van der Waals surface area (Å²) in [5.41, 5.74) is 2.86. The number of nitrogens with zero attached hydrogens (tertiary/aromatic N) is 5. The van der Waals surface area contributed by atoms with Gasteiger partial charge in [-0.1, -0.05) is 43.2 Å². The van der Waals surface area contributed by atoms with Crippen molar-refractivity contribution in [3.63, 3.8) is 0 Å². The van der Waals surface area contributed by atoms with E-state index in [-0.39, 0.29) is 11.6 Å². The summed E-state index contributed by atoms with van der Waals surface area (Å²) >= 11 is 0. The molecule has 2 aliphatic rings. The molecule has 186 valence electrons. The van der Waals surface area contributed by atoms with Crippen LogP contribution < -0.4 is 10.5 Å². The van der Waals surface area contributed by atoms with Crippen LogP contribution >= 0.6 is 0 Å². The molecule has 0 amide bonds. The van der Waals surface area contributed by atoms with Gasteiger partial charge in [-0.15, -0.1) is 0 Å². The molecule has 1 N–H and O–H groups in total. The van der Waals surface area contributed by atoms with E-state index in [1.54, 1.807) is 10.9 Å². The van der Waals surface area contributed by atoms with E-state index in [2.05, 4.69) is 35.0 Å². The molecule has 7 nitrogen and oxygen atoms in total. The highest BCUT2D eigenvalue weighted by Crippen LogP contribution is 2.30. The summed E-state index contributed by atoms with van der Waals surface area (Å²) in [5, 5.41) is 13.3. The predicted octanol–water partition coefficient (Wildman–Crippen LogP) is 3.76. The number of aliphatic hydroxyl groups is 1. The number of likely N-dealkylation sites (N-methyl/N-ethyl adjacent to an activating group) is 1. The van der Waals surface area contributed by atoms with Crippen LogP contribution in [0, 0.1) is 0 Å². The van der Waals surface area contributed by atoms with E-state index in [4.69, 9.17) is 9.97 Å². The molecule has 0 spiro atoms. The first-order valence-corrected chi connectivity index (χ1v) is 13.1. The SMILES string of the molecule is CN1CCN(c2ccc(Cc3cc4c(=O)n([C@H]5CCCC[C@@H]5O)cnc4c4ccccc34)cn2)CC1. The lowest BCUT2D eigenvalue weighted by atomic mass is 9.92. The molecular formula is C29H33N5O2. The number of aliphatic hydroxyl groups excluding tert-OH is 1. The average molecular weight is 484 g/mol. The molecule has 1 saturated heterocycles. The number of rotatable bonds is 4. The van der Waals surface area contributed by atoms with Crippen LogP contribution in [0.4, 0.5) is 5.82 Å². The Morgan fingerprint density at radius 2 is 1.72 bits per heavy atom. The molecule has 2 atom stereocenters. The van der Waals surface area contributed by atoms with Gasteiger partial charge in [-0.25, -0.2) is 9.97 Å². The fraction of sp³-hybridized carbons (Fsp3) is 0.414. The van der Waals surface area contributed by atoms with Crippen LogP contribution in [0.15, 0.2) is 59.8 Å². The molecule has 2 fully saturated rings. The largest absolute Gasteiger partial charge is 0.391 e. The summed E-state index contributed by atoms with van der Waals surface area (Å²) in [5.74, 6) is 1.02. The lowest BCUT2D eigenvalue weighted by Crippen LogP contribution is -2.44. The zero-order valence-corrected chi connectivity index (χ0v) is 20.8. The Morgan fingerprint density at radius 1 is 0.944 bits per heavy atom. The maximum Gasteiger partial charge on any atom is 0.261 e. The fourth-order valence-corrected chi connectivity index (χ4v) is 5.81. The zero-order chi connectivity index (χ0) is 24.6. The van der Waals surface area contributed by atoms with Crippen molar-refractivity contribution in [3.8, 4) is 0 Å². The number of fused-ring (bicyclic) bond motifs is 3. The lowest BCUT2D eigenvalue weighted by Gasteiger charge is -2.33. The molecule has 0 unspecified atom stereocenters. The van der Waals surface area contributed by atoms with Crippen molar-refractivity contribution < 1.29 is 5.11 Å².